The van der Waals surface area contributed by atoms with Crippen LogP contribution in [0.15, 0.2) is 5.38 Å². The summed E-state index contributed by atoms with van der Waals surface area (Å²) in [5.74, 6) is 0.345. The molecule has 0 saturated heterocycles. The third-order valence-electron chi connectivity index (χ3n) is 4.61. The van der Waals surface area contributed by atoms with Crippen LogP contribution in [0.2, 0.25) is 0 Å². The van der Waals surface area contributed by atoms with Gasteiger partial charge in [-0.15, -0.1) is 11.3 Å². The molecule has 1 aliphatic rings. The van der Waals surface area contributed by atoms with Crippen molar-refractivity contribution in [1.29, 1.82) is 0 Å². The van der Waals surface area contributed by atoms with Gasteiger partial charge in [-0.3, -0.25) is 9.59 Å². The van der Waals surface area contributed by atoms with Crippen LogP contribution in [0.4, 0.5) is 5.13 Å². The molecule has 7 heteroatoms. The van der Waals surface area contributed by atoms with E-state index in [4.69, 9.17) is 5.73 Å². The van der Waals surface area contributed by atoms with Crippen molar-refractivity contribution in [3.63, 3.8) is 0 Å². The molecule has 2 amide bonds. The van der Waals surface area contributed by atoms with E-state index in [1.165, 1.54) is 30.6 Å². The van der Waals surface area contributed by atoms with Crippen LogP contribution in [0.25, 0.3) is 0 Å². The highest BCUT2D eigenvalue weighted by atomic mass is 32.1. The maximum absolute atomic E-state index is 12.3. The number of anilines is 1. The quantitative estimate of drug-likeness (QED) is 0.721. The number of rotatable bonds is 6. The number of hydrogen-bond acceptors (Lipinski definition) is 5. The first-order chi connectivity index (χ1) is 11.8. The van der Waals surface area contributed by atoms with Crippen molar-refractivity contribution < 1.29 is 9.59 Å². The normalized spacial score (nSPS) is 17.1. The lowest BCUT2D eigenvalue weighted by Crippen LogP contribution is -2.46. The minimum absolute atomic E-state index is 0.0477. The lowest BCUT2D eigenvalue weighted by atomic mass is 9.84. The fourth-order valence-corrected chi connectivity index (χ4v) is 3.76. The largest absolute Gasteiger partial charge is 0.351 e. The third-order valence-corrected chi connectivity index (χ3v) is 5.42. The molecule has 0 bridgehead atoms. The first-order valence-corrected chi connectivity index (χ1v) is 9.93. The van der Waals surface area contributed by atoms with Gasteiger partial charge in [0.05, 0.1) is 12.1 Å². The van der Waals surface area contributed by atoms with E-state index in [0.29, 0.717) is 23.3 Å². The Hall–Kier alpha value is -1.47. The van der Waals surface area contributed by atoms with Gasteiger partial charge in [0.15, 0.2) is 5.13 Å². The zero-order valence-corrected chi connectivity index (χ0v) is 16.2. The number of thiazole rings is 1. The van der Waals surface area contributed by atoms with E-state index in [0.717, 1.165) is 12.8 Å². The lowest BCUT2D eigenvalue weighted by Gasteiger charge is -2.30. The highest BCUT2D eigenvalue weighted by Crippen LogP contribution is 2.26. The number of nitrogens with zero attached hydrogens (tertiary/aromatic N) is 1. The summed E-state index contributed by atoms with van der Waals surface area (Å²) in [6.07, 6.45) is 6.22. The Morgan fingerprint density at radius 3 is 2.60 bits per heavy atom. The van der Waals surface area contributed by atoms with Crippen molar-refractivity contribution in [2.75, 3.05) is 11.9 Å². The summed E-state index contributed by atoms with van der Waals surface area (Å²) in [6, 6.07) is 0.0477. The molecular formula is C18H30N4O2S. The molecule has 0 aromatic carbocycles. The van der Waals surface area contributed by atoms with Crippen LogP contribution in [-0.4, -0.2) is 29.4 Å². The predicted molar refractivity (Wildman–Crippen MR) is 101 cm³/mol. The number of carbonyl (C=O) groups is 2. The summed E-state index contributed by atoms with van der Waals surface area (Å²) in [4.78, 5) is 28.7. The number of aromatic nitrogens is 1. The fraction of sp³-hybridized carbons (Fsp3) is 0.722. The Bertz CT molecular complexity index is 588. The van der Waals surface area contributed by atoms with Crippen LogP contribution in [0.3, 0.4) is 0 Å². The molecule has 1 aliphatic carbocycles. The number of nitrogens with two attached hydrogens (primary N) is 1. The Morgan fingerprint density at radius 2 is 2.00 bits per heavy atom. The zero-order chi connectivity index (χ0) is 18.4. The van der Waals surface area contributed by atoms with Crippen molar-refractivity contribution >= 4 is 28.3 Å². The van der Waals surface area contributed by atoms with Crippen molar-refractivity contribution in [3.05, 3.63) is 11.1 Å². The van der Waals surface area contributed by atoms with E-state index in [1.54, 1.807) is 0 Å². The molecular weight excluding hydrogens is 336 g/mol. The Balaban J connectivity index is 1.86. The molecule has 0 aliphatic heterocycles. The van der Waals surface area contributed by atoms with Crippen LogP contribution < -0.4 is 16.4 Å². The van der Waals surface area contributed by atoms with Gasteiger partial charge in [-0.25, -0.2) is 4.98 Å². The fourth-order valence-electron chi connectivity index (χ4n) is 3.06. The summed E-state index contributed by atoms with van der Waals surface area (Å²) in [7, 11) is 0. The molecule has 1 saturated carbocycles. The lowest BCUT2D eigenvalue weighted by molar-refractivity contribution is -0.123. The summed E-state index contributed by atoms with van der Waals surface area (Å²) >= 11 is 1.34. The Labute approximate surface area is 154 Å². The molecule has 4 N–H and O–H groups in total. The van der Waals surface area contributed by atoms with E-state index in [2.05, 4.69) is 15.6 Å². The van der Waals surface area contributed by atoms with E-state index in [1.807, 2.05) is 26.2 Å². The van der Waals surface area contributed by atoms with Crippen molar-refractivity contribution in [2.24, 2.45) is 17.1 Å². The van der Waals surface area contributed by atoms with E-state index in [-0.39, 0.29) is 24.3 Å². The van der Waals surface area contributed by atoms with Gasteiger partial charge >= 0.3 is 0 Å². The molecule has 1 fully saturated rings. The highest BCUT2D eigenvalue weighted by molar-refractivity contribution is 7.13. The number of hydrogen-bond donors (Lipinski definition) is 3. The number of amides is 2. The van der Waals surface area contributed by atoms with Gasteiger partial charge in [0.2, 0.25) is 11.8 Å². The van der Waals surface area contributed by atoms with Crippen LogP contribution in [0.5, 0.6) is 0 Å². The molecule has 1 atom stereocenters. The third kappa shape index (κ3) is 6.08. The van der Waals surface area contributed by atoms with E-state index in [9.17, 15) is 9.59 Å². The first kappa shape index (κ1) is 19.8. The van der Waals surface area contributed by atoms with Gasteiger partial charge in [0.25, 0.3) is 0 Å². The standard InChI is InChI=1S/C18H30N4O2S/c1-18(2,3)16(24)22-17-20-13(11-25-17)9-15(23)21-14(10-19)12-7-5-4-6-8-12/h11-12,14H,4-10,19H2,1-3H3,(H,21,23)(H,20,22,24). The minimum Gasteiger partial charge on any atom is -0.351 e. The molecule has 1 aromatic heterocycles. The van der Waals surface area contributed by atoms with Gasteiger partial charge in [-0.05, 0) is 18.8 Å². The zero-order valence-electron chi connectivity index (χ0n) is 15.4. The smallest absolute Gasteiger partial charge is 0.231 e. The predicted octanol–water partition coefficient (Wildman–Crippen LogP) is 2.69. The summed E-state index contributed by atoms with van der Waals surface area (Å²) in [5.41, 5.74) is 6.07. The SMILES string of the molecule is CC(C)(C)C(=O)Nc1nc(CC(=O)NC(CN)C2CCCCC2)cs1. The highest BCUT2D eigenvalue weighted by Gasteiger charge is 2.25. The van der Waals surface area contributed by atoms with Crippen molar-refractivity contribution in [1.82, 2.24) is 10.3 Å². The molecule has 6 nitrogen and oxygen atoms in total. The molecule has 140 valence electrons. The number of carbonyl (C=O) groups excluding carboxylic acids is 2. The first-order valence-electron chi connectivity index (χ1n) is 9.05. The molecule has 0 spiro atoms. The van der Waals surface area contributed by atoms with Gasteiger partial charge in [-0.2, -0.15) is 0 Å². The summed E-state index contributed by atoms with van der Waals surface area (Å²) < 4.78 is 0. The second-order valence-electron chi connectivity index (χ2n) is 7.83. The summed E-state index contributed by atoms with van der Waals surface area (Å²) in [5, 5.41) is 8.22. The van der Waals surface area contributed by atoms with Crippen LogP contribution in [0.1, 0.15) is 58.6 Å². The second kappa shape index (κ2) is 8.76. The monoisotopic (exact) mass is 366 g/mol. The van der Waals surface area contributed by atoms with E-state index < -0.39 is 5.41 Å². The van der Waals surface area contributed by atoms with Crippen LogP contribution in [0, 0.1) is 11.3 Å². The van der Waals surface area contributed by atoms with Crippen molar-refractivity contribution in [3.8, 4) is 0 Å². The van der Waals surface area contributed by atoms with Gasteiger partial charge in [-0.1, -0.05) is 40.0 Å². The number of nitrogens with one attached hydrogen (secondary N) is 2. The van der Waals surface area contributed by atoms with Gasteiger partial charge in [0.1, 0.15) is 0 Å². The Morgan fingerprint density at radius 1 is 1.32 bits per heavy atom. The molecule has 1 unspecified atom stereocenters. The minimum atomic E-state index is -0.475. The van der Waals surface area contributed by atoms with Crippen LogP contribution >= 0.6 is 11.3 Å². The average Bonchev–Trinajstić information content (AvgIpc) is 2.99. The van der Waals surface area contributed by atoms with Crippen LogP contribution in [-0.2, 0) is 16.0 Å². The molecule has 25 heavy (non-hydrogen) atoms. The topological polar surface area (TPSA) is 97.1 Å². The molecule has 1 heterocycles. The maximum Gasteiger partial charge on any atom is 0.231 e. The molecule has 1 aromatic rings. The molecule has 2 rings (SSSR count). The van der Waals surface area contributed by atoms with E-state index >= 15 is 0 Å². The maximum atomic E-state index is 12.3. The second-order valence-corrected chi connectivity index (χ2v) is 8.69. The Kier molecular flexibility index (Phi) is 6.95. The average molecular weight is 367 g/mol. The van der Waals surface area contributed by atoms with Crippen molar-refractivity contribution in [2.45, 2.75) is 65.3 Å². The van der Waals surface area contributed by atoms with Gasteiger partial charge in [0, 0.05) is 23.4 Å². The molecule has 0 radical (unpaired) electrons. The van der Waals surface area contributed by atoms with Gasteiger partial charge < -0.3 is 16.4 Å². The summed E-state index contributed by atoms with van der Waals surface area (Å²) in [6.45, 7) is 6.02.